The van der Waals surface area contributed by atoms with E-state index in [1.165, 1.54) is 0 Å². The molecule has 0 aromatic heterocycles. The van der Waals surface area contributed by atoms with Crippen LogP contribution in [0.4, 0.5) is 10.5 Å². The molecule has 0 aliphatic heterocycles. The van der Waals surface area contributed by atoms with E-state index in [4.69, 9.17) is 22.7 Å². The van der Waals surface area contributed by atoms with Gasteiger partial charge in [-0.2, -0.15) is 0 Å². The van der Waals surface area contributed by atoms with Crippen LogP contribution in [0.15, 0.2) is 24.3 Å². The van der Waals surface area contributed by atoms with Crippen molar-refractivity contribution in [1.82, 2.24) is 0 Å². The van der Waals surface area contributed by atoms with Crippen LogP contribution in [-0.2, 0) is 4.74 Å². The van der Waals surface area contributed by atoms with E-state index in [1.807, 2.05) is 0 Å². The Bertz CT molecular complexity index is 405. The maximum absolute atomic E-state index is 11.3. The van der Waals surface area contributed by atoms with Crippen LogP contribution in [0.25, 0.3) is 0 Å². The number of rotatable bonds is 3. The molecule has 0 unspecified atom stereocenters. The highest BCUT2D eigenvalue weighted by molar-refractivity contribution is 7.80. The van der Waals surface area contributed by atoms with Gasteiger partial charge in [-0.1, -0.05) is 24.4 Å². The fourth-order valence-electron chi connectivity index (χ4n) is 1.11. The van der Waals surface area contributed by atoms with Crippen molar-refractivity contribution in [3.05, 3.63) is 29.8 Å². The van der Waals surface area contributed by atoms with Crippen LogP contribution < -0.4 is 11.1 Å². The standard InChI is InChI=1S/C11H14N2O2S/c1-7(2)15-11(14)13-9-5-3-4-8(6-9)10(12)16/h3-7H,1-2H3,(H2,12,16)(H,13,14). The van der Waals surface area contributed by atoms with Gasteiger partial charge in [0.15, 0.2) is 0 Å². The molecule has 1 rings (SSSR count). The van der Waals surface area contributed by atoms with E-state index in [1.54, 1.807) is 38.1 Å². The van der Waals surface area contributed by atoms with Gasteiger partial charge in [0, 0.05) is 11.3 Å². The fraction of sp³-hybridized carbons (Fsp3) is 0.273. The lowest BCUT2D eigenvalue weighted by Crippen LogP contribution is -2.18. The number of ether oxygens (including phenoxy) is 1. The number of hydrogen-bond acceptors (Lipinski definition) is 3. The predicted molar refractivity (Wildman–Crippen MR) is 67.6 cm³/mol. The Hall–Kier alpha value is -1.62. The third-order valence-corrected chi connectivity index (χ3v) is 1.97. The zero-order valence-electron chi connectivity index (χ0n) is 9.19. The van der Waals surface area contributed by atoms with Gasteiger partial charge in [-0.25, -0.2) is 4.79 Å². The molecule has 0 aliphatic rings. The van der Waals surface area contributed by atoms with Gasteiger partial charge in [-0.05, 0) is 26.0 Å². The second-order valence-electron chi connectivity index (χ2n) is 3.52. The fourth-order valence-corrected chi connectivity index (χ4v) is 1.24. The van der Waals surface area contributed by atoms with Gasteiger partial charge in [0.1, 0.15) is 4.99 Å². The molecule has 86 valence electrons. The summed E-state index contributed by atoms with van der Waals surface area (Å²) >= 11 is 4.84. The molecule has 1 aromatic rings. The number of anilines is 1. The van der Waals surface area contributed by atoms with Crippen LogP contribution in [0.5, 0.6) is 0 Å². The van der Waals surface area contributed by atoms with Gasteiger partial charge in [-0.3, -0.25) is 5.32 Å². The average Bonchev–Trinajstić information content (AvgIpc) is 2.16. The summed E-state index contributed by atoms with van der Waals surface area (Å²) in [6, 6.07) is 6.98. The largest absolute Gasteiger partial charge is 0.447 e. The maximum atomic E-state index is 11.3. The Morgan fingerprint density at radius 1 is 1.50 bits per heavy atom. The maximum Gasteiger partial charge on any atom is 0.411 e. The molecule has 1 amide bonds. The smallest absolute Gasteiger partial charge is 0.411 e. The second-order valence-corrected chi connectivity index (χ2v) is 3.96. The third kappa shape index (κ3) is 3.86. The third-order valence-electron chi connectivity index (χ3n) is 1.74. The van der Waals surface area contributed by atoms with Crippen molar-refractivity contribution in [3.63, 3.8) is 0 Å². The number of amides is 1. The number of hydrogen-bond donors (Lipinski definition) is 2. The minimum Gasteiger partial charge on any atom is -0.447 e. The Morgan fingerprint density at radius 2 is 2.19 bits per heavy atom. The van der Waals surface area contributed by atoms with Crippen molar-refractivity contribution in [2.75, 3.05) is 5.32 Å². The van der Waals surface area contributed by atoms with E-state index in [9.17, 15) is 4.79 Å². The van der Waals surface area contributed by atoms with E-state index in [0.717, 1.165) is 0 Å². The average molecular weight is 238 g/mol. The van der Waals surface area contributed by atoms with Crippen molar-refractivity contribution >= 4 is 29.0 Å². The van der Waals surface area contributed by atoms with Crippen LogP contribution in [0, 0.1) is 0 Å². The van der Waals surface area contributed by atoms with Crippen LogP contribution in [-0.4, -0.2) is 17.2 Å². The summed E-state index contributed by atoms with van der Waals surface area (Å²) < 4.78 is 4.94. The molecule has 0 saturated carbocycles. The first-order valence-corrected chi connectivity index (χ1v) is 5.27. The molecule has 5 heteroatoms. The van der Waals surface area contributed by atoms with Crippen molar-refractivity contribution in [2.24, 2.45) is 5.73 Å². The molecule has 0 radical (unpaired) electrons. The van der Waals surface area contributed by atoms with E-state index >= 15 is 0 Å². The Labute approximate surface area is 99.8 Å². The Kier molecular flexibility index (Phi) is 4.25. The molecule has 4 nitrogen and oxygen atoms in total. The highest BCUT2D eigenvalue weighted by Crippen LogP contribution is 2.11. The molecule has 0 saturated heterocycles. The normalized spacial score (nSPS) is 9.94. The van der Waals surface area contributed by atoms with Crippen LogP contribution >= 0.6 is 12.2 Å². The molecule has 0 spiro atoms. The molecule has 0 bridgehead atoms. The number of nitrogens with one attached hydrogen (secondary N) is 1. The first kappa shape index (κ1) is 12.4. The van der Waals surface area contributed by atoms with Crippen molar-refractivity contribution < 1.29 is 9.53 Å². The first-order valence-electron chi connectivity index (χ1n) is 4.86. The Morgan fingerprint density at radius 3 is 2.75 bits per heavy atom. The molecule has 16 heavy (non-hydrogen) atoms. The number of thiocarbonyl (C=S) groups is 1. The number of benzene rings is 1. The minimum absolute atomic E-state index is 0.154. The highest BCUT2D eigenvalue weighted by atomic mass is 32.1. The number of carbonyl (C=O) groups excluding carboxylic acids is 1. The molecule has 0 fully saturated rings. The van der Waals surface area contributed by atoms with Crippen molar-refractivity contribution in [3.8, 4) is 0 Å². The van der Waals surface area contributed by atoms with Crippen molar-refractivity contribution in [1.29, 1.82) is 0 Å². The van der Waals surface area contributed by atoms with Gasteiger partial charge in [0.05, 0.1) is 6.10 Å². The van der Waals surface area contributed by atoms with E-state index in [0.29, 0.717) is 16.2 Å². The van der Waals surface area contributed by atoms with E-state index in [2.05, 4.69) is 5.32 Å². The summed E-state index contributed by atoms with van der Waals surface area (Å²) in [5, 5.41) is 2.59. The van der Waals surface area contributed by atoms with Gasteiger partial charge in [0.2, 0.25) is 0 Å². The Balaban J connectivity index is 2.70. The number of nitrogens with two attached hydrogens (primary N) is 1. The summed E-state index contributed by atoms with van der Waals surface area (Å²) in [7, 11) is 0. The molecule has 0 aliphatic carbocycles. The van der Waals surface area contributed by atoms with Crippen LogP contribution in [0.3, 0.4) is 0 Å². The lowest BCUT2D eigenvalue weighted by atomic mass is 10.2. The van der Waals surface area contributed by atoms with Gasteiger partial charge >= 0.3 is 6.09 Å². The quantitative estimate of drug-likeness (QED) is 0.793. The van der Waals surface area contributed by atoms with Gasteiger partial charge in [0.25, 0.3) is 0 Å². The molecule has 0 heterocycles. The van der Waals surface area contributed by atoms with Crippen LogP contribution in [0.2, 0.25) is 0 Å². The highest BCUT2D eigenvalue weighted by Gasteiger charge is 2.06. The molecule has 3 N–H and O–H groups in total. The van der Waals surface area contributed by atoms with Crippen molar-refractivity contribution in [2.45, 2.75) is 20.0 Å². The predicted octanol–water partition coefficient (Wildman–Crippen LogP) is 2.28. The zero-order valence-corrected chi connectivity index (χ0v) is 10.0. The van der Waals surface area contributed by atoms with E-state index in [-0.39, 0.29) is 6.10 Å². The monoisotopic (exact) mass is 238 g/mol. The second kappa shape index (κ2) is 5.46. The summed E-state index contributed by atoms with van der Waals surface area (Å²) in [6.45, 7) is 3.57. The molecule has 1 aromatic carbocycles. The van der Waals surface area contributed by atoms with Crippen LogP contribution in [0.1, 0.15) is 19.4 Å². The minimum atomic E-state index is -0.491. The van der Waals surface area contributed by atoms with Gasteiger partial charge < -0.3 is 10.5 Å². The SMILES string of the molecule is CC(C)OC(=O)Nc1cccc(C(N)=S)c1. The van der Waals surface area contributed by atoms with Gasteiger partial charge in [-0.15, -0.1) is 0 Å². The summed E-state index contributed by atoms with van der Waals surface area (Å²) in [5.74, 6) is 0. The van der Waals surface area contributed by atoms with E-state index < -0.39 is 6.09 Å². The number of carbonyl (C=O) groups is 1. The lowest BCUT2D eigenvalue weighted by Gasteiger charge is -2.10. The molecular weight excluding hydrogens is 224 g/mol. The summed E-state index contributed by atoms with van der Waals surface area (Å²) in [5.41, 5.74) is 6.79. The summed E-state index contributed by atoms with van der Waals surface area (Å²) in [4.78, 5) is 11.6. The lowest BCUT2D eigenvalue weighted by molar-refractivity contribution is 0.130. The topological polar surface area (TPSA) is 64.3 Å². The molecule has 0 atom stereocenters. The zero-order chi connectivity index (χ0) is 12.1. The first-order chi connectivity index (χ1) is 7.49. The summed E-state index contributed by atoms with van der Waals surface area (Å²) in [6.07, 6.45) is -0.645. The molecular formula is C11H14N2O2S.